The average Bonchev–Trinajstić information content (AvgIpc) is 3.42. The van der Waals surface area contributed by atoms with Crippen molar-refractivity contribution in [3.05, 3.63) is 172 Å². The lowest BCUT2D eigenvalue weighted by Gasteiger charge is -2.59. The van der Waals surface area contributed by atoms with Crippen LogP contribution < -0.4 is 14.2 Å². The highest BCUT2D eigenvalue weighted by molar-refractivity contribution is 6.03. The van der Waals surface area contributed by atoms with E-state index in [9.17, 15) is 25.1 Å². The standard InChI is InChI=1S/C58H63N3O12/c1-4-6-31-69-57(65)60(36-42-17-13-16-40-14-7-8-18-47(40)42)54-35-51(59-71-38-39-20-22-44(23-21-39)61(66)67)49-33-41(15-9-11-28-62)48(19-10-12-29-63)55-50-34-46(72-45-24-26-52(68-3)43(32-45)37-64)25-27-53(50)73-58(54,56(49)55)70-30-5-2/h4-5,7-8,13-14,16-18,20-27,32-34,37,41,48,54-56,62-63H,1-2,6,9-12,15,19,28-31,35-36,38H2,3H3/t41-,48+,54-,55+,56+,58+/m0/s1. The number of carbonyl (C=O) groups excluding carboxylic acids is 2. The molecule has 1 saturated carbocycles. The van der Waals surface area contributed by atoms with Crippen LogP contribution in [-0.4, -0.2) is 83.5 Å². The Morgan fingerprint density at radius 2 is 1.68 bits per heavy atom. The van der Waals surface area contributed by atoms with Gasteiger partial charge in [0.2, 0.25) is 5.79 Å². The van der Waals surface area contributed by atoms with Gasteiger partial charge in [-0.15, -0.1) is 13.2 Å². The minimum absolute atomic E-state index is 0.00409. The number of amides is 1. The van der Waals surface area contributed by atoms with Gasteiger partial charge >= 0.3 is 6.09 Å². The molecule has 73 heavy (non-hydrogen) atoms. The first-order valence-electron chi connectivity index (χ1n) is 24.9. The van der Waals surface area contributed by atoms with E-state index in [1.165, 1.54) is 19.2 Å². The third-order valence-electron chi connectivity index (χ3n) is 14.1. The number of allylic oxidation sites excluding steroid dienone is 1. The summed E-state index contributed by atoms with van der Waals surface area (Å²) >= 11 is 0. The Bertz CT molecular complexity index is 2820. The molecule has 1 fully saturated rings. The molecule has 6 atom stereocenters. The first-order chi connectivity index (χ1) is 35.7. The third-order valence-corrected chi connectivity index (χ3v) is 14.1. The van der Waals surface area contributed by atoms with E-state index in [-0.39, 0.29) is 69.4 Å². The molecular weight excluding hydrogens is 931 g/mol. The summed E-state index contributed by atoms with van der Waals surface area (Å²) in [6.07, 6.45) is 10.3. The molecule has 0 bridgehead atoms. The van der Waals surface area contributed by atoms with E-state index in [0.717, 1.165) is 40.3 Å². The van der Waals surface area contributed by atoms with E-state index in [1.807, 2.05) is 54.6 Å². The fraction of sp³-hybridized carbons (Fsp3) is 0.362. The molecule has 5 aromatic carbocycles. The number of rotatable bonds is 25. The summed E-state index contributed by atoms with van der Waals surface area (Å²) in [5.41, 5.74) is 4.01. The molecule has 0 aromatic heterocycles. The van der Waals surface area contributed by atoms with Gasteiger partial charge in [0, 0.05) is 43.2 Å². The van der Waals surface area contributed by atoms with Crippen LogP contribution in [0.2, 0.25) is 0 Å². The van der Waals surface area contributed by atoms with Crippen molar-refractivity contribution in [2.24, 2.45) is 22.9 Å². The molecule has 5 aromatic rings. The molecule has 8 rings (SSSR count). The van der Waals surface area contributed by atoms with Crippen molar-refractivity contribution in [1.29, 1.82) is 0 Å². The second kappa shape index (κ2) is 24.4. The van der Waals surface area contributed by atoms with Gasteiger partial charge in [0.1, 0.15) is 35.6 Å². The predicted molar refractivity (Wildman–Crippen MR) is 277 cm³/mol. The minimum Gasteiger partial charge on any atom is -0.496 e. The number of carbonyl (C=O) groups is 2. The molecule has 3 aliphatic rings. The lowest BCUT2D eigenvalue weighted by atomic mass is 9.55. The van der Waals surface area contributed by atoms with Crippen LogP contribution in [0.3, 0.4) is 0 Å². The van der Waals surface area contributed by atoms with E-state index in [4.69, 9.17) is 33.7 Å². The fourth-order valence-corrected chi connectivity index (χ4v) is 10.8. The number of aliphatic hydroxyl groups is 2. The molecule has 1 amide bonds. The molecule has 1 heterocycles. The van der Waals surface area contributed by atoms with Crippen molar-refractivity contribution in [3.8, 4) is 23.0 Å². The average molecular weight is 994 g/mol. The molecule has 0 radical (unpaired) electrons. The molecule has 0 spiro atoms. The van der Waals surface area contributed by atoms with Crippen LogP contribution >= 0.6 is 0 Å². The van der Waals surface area contributed by atoms with E-state index < -0.39 is 28.8 Å². The number of methoxy groups -OCH3 is 1. The highest BCUT2D eigenvalue weighted by Gasteiger charge is 2.66. The number of unbranched alkanes of at least 4 members (excludes halogenated alkanes) is 2. The number of nitro benzene ring substituents is 1. The number of ether oxygens (including phenoxy) is 5. The maximum Gasteiger partial charge on any atom is 0.410 e. The Kier molecular flexibility index (Phi) is 17.4. The zero-order chi connectivity index (χ0) is 51.3. The lowest BCUT2D eigenvalue weighted by Crippen LogP contribution is -2.70. The monoisotopic (exact) mass is 993 g/mol. The van der Waals surface area contributed by atoms with Crippen molar-refractivity contribution < 1.29 is 53.2 Å². The van der Waals surface area contributed by atoms with Crippen LogP contribution in [0.4, 0.5) is 10.5 Å². The number of nitrogens with zero attached hydrogens (tertiary/aromatic N) is 3. The molecule has 382 valence electrons. The molecule has 0 unspecified atom stereocenters. The van der Waals surface area contributed by atoms with E-state index in [2.05, 4.69) is 19.2 Å². The Balaban J connectivity index is 1.35. The topological polar surface area (TPSA) is 189 Å². The van der Waals surface area contributed by atoms with E-state index in [0.29, 0.717) is 78.2 Å². The second-order valence-electron chi connectivity index (χ2n) is 18.6. The predicted octanol–water partition coefficient (Wildman–Crippen LogP) is 11.4. The highest BCUT2D eigenvalue weighted by Crippen LogP contribution is 2.62. The van der Waals surface area contributed by atoms with Gasteiger partial charge in [0.05, 0.1) is 49.0 Å². The summed E-state index contributed by atoms with van der Waals surface area (Å²) < 4.78 is 32.7. The van der Waals surface area contributed by atoms with Crippen LogP contribution in [0.1, 0.15) is 84.3 Å². The van der Waals surface area contributed by atoms with E-state index in [1.54, 1.807) is 53.5 Å². The number of benzene rings is 5. The fourth-order valence-electron chi connectivity index (χ4n) is 10.8. The van der Waals surface area contributed by atoms with Crippen LogP contribution in [-0.2, 0) is 27.5 Å². The molecule has 0 saturated heterocycles. The van der Waals surface area contributed by atoms with Gasteiger partial charge in [-0.3, -0.25) is 19.8 Å². The molecule has 2 N–H and O–H groups in total. The maximum atomic E-state index is 15.1. The normalized spacial score (nSPS) is 21.2. The molecule has 15 heteroatoms. The number of aldehydes is 1. The Morgan fingerprint density at radius 1 is 0.932 bits per heavy atom. The van der Waals surface area contributed by atoms with Crippen molar-refractivity contribution in [2.45, 2.75) is 82.3 Å². The zero-order valence-corrected chi connectivity index (χ0v) is 41.1. The Labute approximate surface area is 425 Å². The third kappa shape index (κ3) is 11.5. The number of oxime groups is 1. The van der Waals surface area contributed by atoms with Gasteiger partial charge in [-0.25, -0.2) is 4.79 Å². The largest absolute Gasteiger partial charge is 0.496 e. The number of hydrogen-bond donors (Lipinski definition) is 2. The second-order valence-corrected chi connectivity index (χ2v) is 18.6. The summed E-state index contributed by atoms with van der Waals surface area (Å²) in [5.74, 6) is -0.925. The highest BCUT2D eigenvalue weighted by atomic mass is 16.7. The number of fused-ring (bicyclic) bond motifs is 3. The zero-order valence-electron chi connectivity index (χ0n) is 41.1. The van der Waals surface area contributed by atoms with Crippen molar-refractivity contribution >= 4 is 34.6 Å². The molecule has 2 aliphatic carbocycles. The smallest absolute Gasteiger partial charge is 0.410 e. The molecular formula is C58H63N3O12. The van der Waals surface area contributed by atoms with Crippen molar-refractivity contribution in [2.75, 3.05) is 33.5 Å². The van der Waals surface area contributed by atoms with Crippen molar-refractivity contribution in [1.82, 2.24) is 4.90 Å². The summed E-state index contributed by atoms with van der Waals surface area (Å²) in [4.78, 5) is 46.1. The van der Waals surface area contributed by atoms with Gasteiger partial charge in [-0.1, -0.05) is 78.7 Å². The summed E-state index contributed by atoms with van der Waals surface area (Å²) in [7, 11) is 1.50. The van der Waals surface area contributed by atoms with Crippen LogP contribution in [0.15, 0.2) is 145 Å². The van der Waals surface area contributed by atoms with Gasteiger partial charge in [-0.05, 0) is 120 Å². The van der Waals surface area contributed by atoms with Gasteiger partial charge < -0.3 is 38.7 Å². The Hall–Kier alpha value is -7.33. The maximum absolute atomic E-state index is 15.1. The van der Waals surface area contributed by atoms with Crippen LogP contribution in [0.5, 0.6) is 23.0 Å². The number of hydrogen-bond acceptors (Lipinski definition) is 13. The molecule has 1 aliphatic heterocycles. The number of nitro groups is 1. The van der Waals surface area contributed by atoms with Gasteiger partial charge in [0.25, 0.3) is 5.69 Å². The van der Waals surface area contributed by atoms with Crippen LogP contribution in [0.25, 0.3) is 10.8 Å². The van der Waals surface area contributed by atoms with Gasteiger partial charge in [0.15, 0.2) is 6.29 Å². The van der Waals surface area contributed by atoms with Crippen LogP contribution in [0, 0.1) is 27.9 Å². The minimum atomic E-state index is -1.60. The first kappa shape index (κ1) is 52.0. The lowest BCUT2D eigenvalue weighted by molar-refractivity contribution is -0.384. The SMILES string of the molecule is C=CCCOC(=O)N(Cc1cccc2ccccc12)[C@H]1CC(=NOCc2ccc([N+](=O)[O-])cc2)C2=C[C@H](CCCCO)[C@@H](CCCCO)[C@@H]3c4cc(Oc5ccc(OC)c(C=O)c5)ccc4O[C@@]1(OCC=C)[C@H]23. The van der Waals surface area contributed by atoms with E-state index >= 15 is 4.79 Å². The van der Waals surface area contributed by atoms with Gasteiger partial charge in [-0.2, -0.15) is 0 Å². The van der Waals surface area contributed by atoms with Crippen molar-refractivity contribution in [3.63, 3.8) is 0 Å². The summed E-state index contributed by atoms with van der Waals surface area (Å²) in [6, 6.07) is 29.8. The first-order valence-corrected chi connectivity index (χ1v) is 24.9. The Morgan fingerprint density at radius 3 is 2.42 bits per heavy atom. The number of non-ortho nitro benzene ring substituents is 1. The summed E-state index contributed by atoms with van der Waals surface area (Å²) in [6.45, 7) is 8.20. The molecule has 15 nitrogen and oxygen atoms in total. The summed E-state index contributed by atoms with van der Waals surface area (Å²) in [5, 5.41) is 38.5. The number of aliphatic hydroxyl groups excluding tert-OH is 2. The quantitative estimate of drug-likeness (QED) is 0.0185.